The molecule has 1 heterocycles. The zero-order chi connectivity index (χ0) is 16.6. The van der Waals surface area contributed by atoms with E-state index in [4.69, 9.17) is 12.2 Å². The normalized spacial score (nSPS) is 11.8. The number of aromatic amines is 1. The van der Waals surface area contributed by atoms with Crippen LogP contribution in [0.2, 0.25) is 0 Å². The first-order valence-corrected chi connectivity index (χ1v) is 8.30. The van der Waals surface area contributed by atoms with Gasteiger partial charge in [0.1, 0.15) is 5.75 Å². The monoisotopic (exact) mass is 390 g/mol. The number of aromatic hydroxyl groups is 1. The van der Waals surface area contributed by atoms with Gasteiger partial charge < -0.3 is 5.11 Å². The number of fused-ring (bicyclic) bond motifs is 1. The topological polar surface area (TPSA) is 66.2 Å². The Labute approximate surface area is 146 Å². The van der Waals surface area contributed by atoms with Crippen molar-refractivity contribution in [2.24, 2.45) is 5.10 Å². The maximum absolute atomic E-state index is 10.2. The summed E-state index contributed by atoms with van der Waals surface area (Å²) < 4.78 is 2.99. The highest BCUT2D eigenvalue weighted by molar-refractivity contribution is 9.10. The van der Waals surface area contributed by atoms with Gasteiger partial charge in [-0.25, -0.2) is 0 Å². The van der Waals surface area contributed by atoms with Crippen LogP contribution in [0.25, 0.3) is 10.8 Å². The molecular weight excluding hydrogens is 376 g/mol. The van der Waals surface area contributed by atoms with Crippen LogP contribution in [0.3, 0.4) is 0 Å². The van der Waals surface area contributed by atoms with Crippen molar-refractivity contribution in [3.8, 4) is 5.75 Å². The Kier molecular flexibility index (Phi) is 4.32. The quantitative estimate of drug-likeness (QED) is 0.508. The van der Waals surface area contributed by atoms with Gasteiger partial charge in [0.15, 0.2) is 5.82 Å². The summed E-state index contributed by atoms with van der Waals surface area (Å²) in [5, 5.41) is 23.5. The fraction of sp³-hybridized carbons (Fsp3) is 0.188. The minimum absolute atomic E-state index is 0.171. The smallest absolute Gasteiger partial charge is 0.216 e. The van der Waals surface area contributed by atoms with Crippen LogP contribution in [0.1, 0.15) is 31.2 Å². The average molecular weight is 391 g/mol. The summed E-state index contributed by atoms with van der Waals surface area (Å²) in [6.07, 6.45) is 1.61. The number of benzene rings is 2. The fourth-order valence-electron chi connectivity index (χ4n) is 2.35. The van der Waals surface area contributed by atoms with Crippen molar-refractivity contribution in [3.63, 3.8) is 0 Å². The second-order valence-corrected chi connectivity index (χ2v) is 6.76. The first-order chi connectivity index (χ1) is 11.0. The van der Waals surface area contributed by atoms with E-state index in [9.17, 15) is 5.11 Å². The van der Waals surface area contributed by atoms with Gasteiger partial charge in [-0.2, -0.15) is 14.9 Å². The first kappa shape index (κ1) is 15.9. The van der Waals surface area contributed by atoms with Crippen molar-refractivity contribution in [2.75, 3.05) is 0 Å². The van der Waals surface area contributed by atoms with Crippen LogP contribution in [0, 0.1) is 4.77 Å². The number of nitrogens with one attached hydrogen (secondary N) is 1. The predicted octanol–water partition coefficient (Wildman–Crippen LogP) is 4.57. The number of hydrogen-bond donors (Lipinski definition) is 2. The van der Waals surface area contributed by atoms with Crippen molar-refractivity contribution in [2.45, 2.75) is 19.8 Å². The van der Waals surface area contributed by atoms with E-state index in [1.165, 1.54) is 0 Å². The summed E-state index contributed by atoms with van der Waals surface area (Å²) in [6.45, 7) is 4.04. The molecule has 0 fully saturated rings. The van der Waals surface area contributed by atoms with Crippen molar-refractivity contribution in [1.82, 2.24) is 14.9 Å². The van der Waals surface area contributed by atoms with Gasteiger partial charge >= 0.3 is 0 Å². The summed E-state index contributed by atoms with van der Waals surface area (Å²) >= 11 is 8.67. The highest BCUT2D eigenvalue weighted by atomic mass is 79.9. The third-order valence-electron chi connectivity index (χ3n) is 3.49. The highest BCUT2D eigenvalue weighted by Gasteiger charge is 2.10. The number of phenolic OH excluding ortho intramolecular Hbond substituents is 1. The molecule has 0 spiro atoms. The van der Waals surface area contributed by atoms with Gasteiger partial charge in [0.25, 0.3) is 0 Å². The zero-order valence-electron chi connectivity index (χ0n) is 12.6. The van der Waals surface area contributed by atoms with Crippen LogP contribution in [-0.4, -0.2) is 26.2 Å². The molecule has 0 radical (unpaired) electrons. The SMILES string of the molecule is CC(C)c1n[nH]c(=S)n1/N=C\c1c(O)ccc2cc(Br)ccc12. The van der Waals surface area contributed by atoms with E-state index in [0.29, 0.717) is 10.3 Å². The molecule has 3 aromatic rings. The van der Waals surface area contributed by atoms with Gasteiger partial charge in [-0.1, -0.05) is 41.9 Å². The largest absolute Gasteiger partial charge is 0.507 e. The minimum atomic E-state index is 0.171. The van der Waals surface area contributed by atoms with Gasteiger partial charge in [-0.3, -0.25) is 5.10 Å². The summed E-state index contributed by atoms with van der Waals surface area (Å²) in [7, 11) is 0. The van der Waals surface area contributed by atoms with E-state index >= 15 is 0 Å². The molecule has 5 nitrogen and oxygen atoms in total. The minimum Gasteiger partial charge on any atom is -0.507 e. The van der Waals surface area contributed by atoms with Crippen LogP contribution in [-0.2, 0) is 0 Å². The molecule has 23 heavy (non-hydrogen) atoms. The Morgan fingerprint density at radius 2 is 2.13 bits per heavy atom. The molecule has 1 aromatic heterocycles. The molecular formula is C16H15BrN4OS. The Bertz CT molecular complexity index is 958. The lowest BCUT2D eigenvalue weighted by atomic mass is 10.0. The van der Waals surface area contributed by atoms with Gasteiger partial charge in [0.2, 0.25) is 4.77 Å². The van der Waals surface area contributed by atoms with Gasteiger partial charge in [0, 0.05) is 16.0 Å². The molecule has 0 aliphatic heterocycles. The lowest BCUT2D eigenvalue weighted by Gasteiger charge is -2.06. The summed E-state index contributed by atoms with van der Waals surface area (Å²) in [5.74, 6) is 1.09. The molecule has 0 saturated heterocycles. The molecule has 0 saturated carbocycles. The number of phenols is 1. The van der Waals surface area contributed by atoms with E-state index < -0.39 is 0 Å². The van der Waals surface area contributed by atoms with Gasteiger partial charge in [-0.05, 0) is 41.2 Å². The van der Waals surface area contributed by atoms with Crippen molar-refractivity contribution < 1.29 is 5.11 Å². The molecule has 118 valence electrons. The van der Waals surface area contributed by atoms with Crippen LogP contribution >= 0.6 is 28.1 Å². The molecule has 2 aromatic carbocycles. The van der Waals surface area contributed by atoms with Crippen LogP contribution in [0.5, 0.6) is 5.75 Å². The zero-order valence-corrected chi connectivity index (χ0v) is 15.0. The molecule has 3 rings (SSSR count). The number of rotatable bonds is 3. The standard InChI is InChI=1S/C16H15BrN4OS/c1-9(2)15-19-20-16(23)21(15)18-8-13-12-5-4-11(17)7-10(12)3-6-14(13)22/h3-9,22H,1-2H3,(H,20,23)/b18-8-. The summed E-state index contributed by atoms with van der Waals surface area (Å²) in [6, 6.07) is 9.40. The Balaban J connectivity index is 2.14. The first-order valence-electron chi connectivity index (χ1n) is 7.10. The molecule has 0 aliphatic carbocycles. The lowest BCUT2D eigenvalue weighted by molar-refractivity contribution is 0.475. The Morgan fingerprint density at radius 1 is 1.35 bits per heavy atom. The van der Waals surface area contributed by atoms with Crippen molar-refractivity contribution in [1.29, 1.82) is 0 Å². The number of hydrogen-bond acceptors (Lipinski definition) is 4. The molecule has 0 bridgehead atoms. The highest BCUT2D eigenvalue weighted by Crippen LogP contribution is 2.28. The average Bonchev–Trinajstić information content (AvgIpc) is 2.87. The number of aromatic nitrogens is 3. The van der Waals surface area contributed by atoms with E-state index in [2.05, 4.69) is 31.2 Å². The van der Waals surface area contributed by atoms with Gasteiger partial charge in [-0.15, -0.1) is 0 Å². The van der Waals surface area contributed by atoms with E-state index in [1.807, 2.05) is 38.1 Å². The maximum atomic E-state index is 10.2. The number of nitrogens with zero attached hydrogens (tertiary/aromatic N) is 3. The van der Waals surface area contributed by atoms with E-state index in [-0.39, 0.29) is 11.7 Å². The van der Waals surface area contributed by atoms with Gasteiger partial charge in [0.05, 0.1) is 6.21 Å². The van der Waals surface area contributed by atoms with E-state index in [1.54, 1.807) is 17.0 Å². The molecule has 2 N–H and O–H groups in total. The third-order valence-corrected chi connectivity index (χ3v) is 4.25. The summed E-state index contributed by atoms with van der Waals surface area (Å²) in [5.41, 5.74) is 0.646. The van der Waals surface area contributed by atoms with Crippen LogP contribution in [0.4, 0.5) is 0 Å². The molecule has 7 heteroatoms. The second-order valence-electron chi connectivity index (χ2n) is 5.46. The Hall–Kier alpha value is -1.99. The maximum Gasteiger partial charge on any atom is 0.216 e. The van der Waals surface area contributed by atoms with Crippen molar-refractivity contribution in [3.05, 3.63) is 51.0 Å². The fourth-order valence-corrected chi connectivity index (χ4v) is 2.92. The van der Waals surface area contributed by atoms with Crippen molar-refractivity contribution >= 4 is 45.1 Å². The van der Waals surface area contributed by atoms with Crippen LogP contribution < -0.4 is 0 Å². The molecule has 0 atom stereocenters. The molecule has 0 amide bonds. The molecule has 0 aliphatic rings. The number of halogens is 1. The number of H-pyrrole nitrogens is 1. The van der Waals surface area contributed by atoms with E-state index in [0.717, 1.165) is 21.1 Å². The molecule has 0 unspecified atom stereocenters. The predicted molar refractivity (Wildman–Crippen MR) is 97.8 cm³/mol. The lowest BCUT2D eigenvalue weighted by Crippen LogP contribution is -2.01. The Morgan fingerprint density at radius 3 is 2.87 bits per heavy atom. The second kappa shape index (κ2) is 6.25. The van der Waals surface area contributed by atoms with Crippen LogP contribution in [0.15, 0.2) is 39.9 Å². The summed E-state index contributed by atoms with van der Waals surface area (Å²) in [4.78, 5) is 0. The third kappa shape index (κ3) is 3.07.